The fourth-order valence-corrected chi connectivity index (χ4v) is 6.87. The molecule has 0 aliphatic carbocycles. The molecule has 0 unspecified atom stereocenters. The Labute approximate surface area is 297 Å². The first-order chi connectivity index (χ1) is 23.8. The molecule has 2 aromatic rings. The van der Waals surface area contributed by atoms with E-state index in [1.807, 2.05) is 0 Å². The minimum absolute atomic E-state index is 0.0726. The second kappa shape index (κ2) is 25.2. The number of rotatable bonds is 30. The van der Waals surface area contributed by atoms with E-state index in [0.29, 0.717) is 26.4 Å². The number of ether oxygens (including phenoxy) is 4. The van der Waals surface area contributed by atoms with E-state index in [9.17, 15) is 18.6 Å². The summed E-state index contributed by atoms with van der Waals surface area (Å²) in [6.07, 6.45) is 20.7. The highest BCUT2D eigenvalue weighted by Crippen LogP contribution is 2.44. The van der Waals surface area contributed by atoms with E-state index < -0.39 is 9.84 Å². The summed E-state index contributed by atoms with van der Waals surface area (Å²) in [4.78, 5) is -0.150. The zero-order chi connectivity index (χ0) is 35.7. The number of phenols is 2. The predicted octanol–water partition coefficient (Wildman–Crippen LogP) is 11.3. The second-order valence-electron chi connectivity index (χ2n) is 13.1. The van der Waals surface area contributed by atoms with Crippen molar-refractivity contribution < 1.29 is 37.6 Å². The van der Waals surface area contributed by atoms with Crippen LogP contribution in [0, 0.1) is 0 Å². The molecule has 8 nitrogen and oxygen atoms in total. The zero-order valence-corrected chi connectivity index (χ0v) is 31.8. The third-order valence-electron chi connectivity index (χ3n) is 8.67. The number of unbranched alkanes of at least 4 members (excludes halogenated alkanes) is 16. The van der Waals surface area contributed by atoms with Crippen LogP contribution in [0.2, 0.25) is 0 Å². The Morgan fingerprint density at radius 3 is 0.857 bits per heavy atom. The Bertz CT molecular complexity index is 1110. The summed E-state index contributed by atoms with van der Waals surface area (Å²) in [6, 6.07) is 5.45. The van der Waals surface area contributed by atoms with Crippen molar-refractivity contribution in [3.05, 3.63) is 24.3 Å². The van der Waals surface area contributed by atoms with Crippen LogP contribution in [0.3, 0.4) is 0 Å². The van der Waals surface area contributed by atoms with Gasteiger partial charge in [0.25, 0.3) is 0 Å². The standard InChI is InChI=1S/C40H66O8S/c1-5-9-13-17-21-25-45-35-29-33(30-36(39(35)41)46-26-22-18-14-10-6-2)49(43,44)34-31-37(47-27-23-19-15-11-7-3)40(42)38(32-34)48-28-24-20-16-12-8-4/h29-32,41-42H,5-28H2,1-4H3. The summed E-state index contributed by atoms with van der Waals surface area (Å²) in [5.74, 6) is -0.115. The molecule has 0 aliphatic rings. The maximum Gasteiger partial charge on any atom is 0.207 e. The monoisotopic (exact) mass is 706 g/mol. The Morgan fingerprint density at radius 2 is 0.633 bits per heavy atom. The van der Waals surface area contributed by atoms with E-state index in [2.05, 4.69) is 27.7 Å². The maximum absolute atomic E-state index is 14.3. The van der Waals surface area contributed by atoms with Crippen LogP contribution >= 0.6 is 0 Å². The first kappa shape index (κ1) is 42.4. The lowest BCUT2D eigenvalue weighted by Gasteiger charge is -2.17. The van der Waals surface area contributed by atoms with Gasteiger partial charge in [0.2, 0.25) is 21.3 Å². The highest BCUT2D eigenvalue weighted by atomic mass is 32.2. The van der Waals surface area contributed by atoms with Crippen molar-refractivity contribution in [3.63, 3.8) is 0 Å². The van der Waals surface area contributed by atoms with E-state index >= 15 is 0 Å². The van der Waals surface area contributed by atoms with Gasteiger partial charge >= 0.3 is 0 Å². The van der Waals surface area contributed by atoms with Crippen LogP contribution < -0.4 is 18.9 Å². The lowest BCUT2D eigenvalue weighted by atomic mass is 10.2. The van der Waals surface area contributed by atoms with E-state index in [-0.39, 0.29) is 44.3 Å². The summed E-state index contributed by atoms with van der Waals surface area (Å²) in [5.41, 5.74) is 0. The molecule has 0 radical (unpaired) electrons. The van der Waals surface area contributed by atoms with Gasteiger partial charge in [-0.2, -0.15) is 0 Å². The Hall–Kier alpha value is -2.81. The highest BCUT2D eigenvalue weighted by molar-refractivity contribution is 7.91. The van der Waals surface area contributed by atoms with Crippen molar-refractivity contribution in [3.8, 4) is 34.5 Å². The molecule has 0 bridgehead atoms. The van der Waals surface area contributed by atoms with Crippen LogP contribution in [-0.2, 0) is 9.84 Å². The number of benzene rings is 2. The van der Waals surface area contributed by atoms with Gasteiger partial charge in [-0.15, -0.1) is 0 Å². The molecule has 2 aromatic carbocycles. The fourth-order valence-electron chi connectivity index (χ4n) is 5.55. The lowest BCUT2D eigenvalue weighted by molar-refractivity contribution is 0.263. The molecule has 0 spiro atoms. The van der Waals surface area contributed by atoms with Gasteiger partial charge < -0.3 is 29.2 Å². The second-order valence-corrected chi connectivity index (χ2v) is 15.0. The van der Waals surface area contributed by atoms with Crippen LogP contribution in [0.1, 0.15) is 156 Å². The lowest BCUT2D eigenvalue weighted by Crippen LogP contribution is -2.08. The number of phenolic OH excluding ortho intramolecular Hbond substituents is 2. The molecule has 49 heavy (non-hydrogen) atoms. The number of sulfone groups is 1. The topological polar surface area (TPSA) is 112 Å². The quantitative estimate of drug-likeness (QED) is 0.0772. The summed E-state index contributed by atoms with van der Waals surface area (Å²) in [7, 11) is -4.18. The van der Waals surface area contributed by atoms with Crippen molar-refractivity contribution in [1.29, 1.82) is 0 Å². The van der Waals surface area contributed by atoms with E-state index in [0.717, 1.165) is 128 Å². The molecular weight excluding hydrogens is 640 g/mol. The van der Waals surface area contributed by atoms with Crippen LogP contribution in [-0.4, -0.2) is 45.1 Å². The van der Waals surface area contributed by atoms with Crippen LogP contribution in [0.5, 0.6) is 34.5 Å². The van der Waals surface area contributed by atoms with Crippen molar-refractivity contribution in [2.45, 2.75) is 166 Å². The smallest absolute Gasteiger partial charge is 0.207 e. The average molecular weight is 707 g/mol. The van der Waals surface area contributed by atoms with Crippen molar-refractivity contribution in [1.82, 2.24) is 0 Å². The molecule has 0 fully saturated rings. The van der Waals surface area contributed by atoms with E-state index in [1.165, 1.54) is 24.3 Å². The molecule has 0 aliphatic heterocycles. The Kier molecular flexibility index (Phi) is 21.8. The van der Waals surface area contributed by atoms with Crippen LogP contribution in [0.4, 0.5) is 0 Å². The fraction of sp³-hybridized carbons (Fsp3) is 0.700. The predicted molar refractivity (Wildman–Crippen MR) is 199 cm³/mol. The SMILES string of the molecule is CCCCCCCOc1cc(S(=O)(=O)c2cc(OCCCCCCC)c(O)c(OCCCCCCC)c2)cc(OCCCCCCC)c1O. The maximum atomic E-state index is 14.3. The van der Waals surface area contributed by atoms with E-state index in [1.54, 1.807) is 0 Å². The molecule has 280 valence electrons. The van der Waals surface area contributed by atoms with Crippen LogP contribution in [0.15, 0.2) is 34.1 Å². The molecule has 0 heterocycles. The van der Waals surface area contributed by atoms with Crippen LogP contribution in [0.25, 0.3) is 0 Å². The average Bonchev–Trinajstić information content (AvgIpc) is 3.09. The van der Waals surface area contributed by atoms with E-state index in [4.69, 9.17) is 18.9 Å². The molecular formula is C40H66O8S. The molecule has 0 aromatic heterocycles. The molecule has 2 rings (SSSR count). The molecule has 9 heteroatoms. The highest BCUT2D eigenvalue weighted by Gasteiger charge is 2.26. The zero-order valence-electron chi connectivity index (χ0n) is 31.0. The van der Waals surface area contributed by atoms with Gasteiger partial charge in [0.1, 0.15) is 0 Å². The van der Waals surface area contributed by atoms with Gasteiger partial charge in [0, 0.05) is 24.3 Å². The van der Waals surface area contributed by atoms with Gasteiger partial charge in [0.05, 0.1) is 36.2 Å². The van der Waals surface area contributed by atoms with Gasteiger partial charge in [-0.1, -0.05) is 130 Å². The molecule has 0 saturated carbocycles. The number of hydrogen-bond acceptors (Lipinski definition) is 8. The molecule has 0 amide bonds. The molecule has 0 saturated heterocycles. The third-order valence-corrected chi connectivity index (χ3v) is 10.4. The number of hydrogen-bond donors (Lipinski definition) is 2. The number of aromatic hydroxyl groups is 2. The van der Waals surface area contributed by atoms with Crippen molar-refractivity contribution >= 4 is 9.84 Å². The summed E-state index contributed by atoms with van der Waals surface area (Å²) in [6.45, 7) is 10.0. The molecule has 0 atom stereocenters. The first-order valence-corrected chi connectivity index (χ1v) is 20.8. The summed E-state index contributed by atoms with van der Waals surface area (Å²) < 4.78 is 52.4. The summed E-state index contributed by atoms with van der Waals surface area (Å²) in [5, 5.41) is 22.2. The molecule has 2 N–H and O–H groups in total. The van der Waals surface area contributed by atoms with Gasteiger partial charge in [0.15, 0.2) is 23.0 Å². The Balaban J connectivity index is 2.41. The largest absolute Gasteiger partial charge is 0.502 e. The summed E-state index contributed by atoms with van der Waals surface area (Å²) >= 11 is 0. The first-order valence-electron chi connectivity index (χ1n) is 19.3. The normalized spacial score (nSPS) is 11.5. The minimum atomic E-state index is -4.18. The third kappa shape index (κ3) is 15.7. The Morgan fingerprint density at radius 1 is 0.408 bits per heavy atom. The van der Waals surface area contributed by atoms with Gasteiger partial charge in [-0.25, -0.2) is 8.42 Å². The van der Waals surface area contributed by atoms with Gasteiger partial charge in [-0.05, 0) is 25.7 Å². The van der Waals surface area contributed by atoms with Crippen molar-refractivity contribution in [2.75, 3.05) is 26.4 Å². The minimum Gasteiger partial charge on any atom is -0.502 e. The van der Waals surface area contributed by atoms with Gasteiger partial charge in [-0.3, -0.25) is 0 Å². The van der Waals surface area contributed by atoms with Crippen molar-refractivity contribution in [2.24, 2.45) is 0 Å².